The molecule has 0 fully saturated rings. The predicted molar refractivity (Wildman–Crippen MR) is 94.5 cm³/mol. The molecule has 1 aromatic carbocycles. The van der Waals surface area contributed by atoms with Gasteiger partial charge in [0, 0.05) is 23.7 Å². The van der Waals surface area contributed by atoms with E-state index in [1.165, 1.54) is 0 Å². The minimum Gasteiger partial charge on any atom is -0.490 e. The number of nitrogens with one attached hydrogen (secondary N) is 1. The summed E-state index contributed by atoms with van der Waals surface area (Å²) in [6.07, 6.45) is 3.23. The summed E-state index contributed by atoms with van der Waals surface area (Å²) in [6.45, 7) is 3.53. The number of anilines is 1. The highest BCUT2D eigenvalue weighted by Crippen LogP contribution is 2.35. The molecule has 0 radical (unpaired) electrons. The molecule has 0 aliphatic carbocycles. The predicted octanol–water partition coefficient (Wildman–Crippen LogP) is 2.11. The van der Waals surface area contributed by atoms with Crippen LogP contribution in [0.1, 0.15) is 6.42 Å². The number of thioether (sulfide) groups is 1. The van der Waals surface area contributed by atoms with Crippen molar-refractivity contribution in [2.75, 3.05) is 43.9 Å². The van der Waals surface area contributed by atoms with Crippen LogP contribution in [0.5, 0.6) is 5.75 Å². The topological polar surface area (TPSA) is 62.9 Å². The Morgan fingerprint density at radius 1 is 1.50 bits per heavy atom. The molecule has 2 heterocycles. The number of aliphatic imine (C=N–C) groups is 1. The lowest BCUT2D eigenvalue weighted by Gasteiger charge is -2.31. The minimum atomic E-state index is 0.612. The van der Waals surface area contributed by atoms with Gasteiger partial charge in [-0.3, -0.25) is 0 Å². The Morgan fingerprint density at radius 2 is 2.41 bits per heavy atom. The molecule has 0 atom stereocenters. The van der Waals surface area contributed by atoms with Crippen molar-refractivity contribution >= 4 is 29.0 Å². The fraction of sp³-hybridized carbons (Fsp3) is 0.438. The van der Waals surface area contributed by atoms with Gasteiger partial charge < -0.3 is 20.7 Å². The number of ether oxygens (including phenoxy) is 1. The molecule has 0 amide bonds. The molecule has 3 N–H and O–H groups in total. The van der Waals surface area contributed by atoms with Crippen LogP contribution in [0.3, 0.4) is 0 Å². The summed E-state index contributed by atoms with van der Waals surface area (Å²) in [5.41, 5.74) is 8.09. The summed E-state index contributed by atoms with van der Waals surface area (Å²) in [5, 5.41) is 3.19. The molecule has 0 spiro atoms. The third-order valence-corrected chi connectivity index (χ3v) is 4.87. The van der Waals surface area contributed by atoms with Gasteiger partial charge in [-0.25, -0.2) is 4.99 Å². The van der Waals surface area contributed by atoms with Crippen LogP contribution < -0.4 is 20.7 Å². The van der Waals surface area contributed by atoms with E-state index in [2.05, 4.69) is 27.4 Å². The van der Waals surface area contributed by atoms with E-state index in [1.807, 2.05) is 19.2 Å². The first-order valence-electron chi connectivity index (χ1n) is 7.62. The first kappa shape index (κ1) is 15.2. The van der Waals surface area contributed by atoms with Crippen molar-refractivity contribution < 1.29 is 4.74 Å². The SMILES string of the molecule is CNCCN1CCOc2ccc(N=C(N)C3=CCCS3)cc21. The number of fused-ring (bicyclic) bond motifs is 1. The molecule has 2 aliphatic rings. The average Bonchev–Trinajstić information content (AvgIpc) is 3.07. The summed E-state index contributed by atoms with van der Waals surface area (Å²) >= 11 is 1.77. The molecule has 0 unspecified atom stereocenters. The maximum Gasteiger partial charge on any atom is 0.142 e. The zero-order valence-electron chi connectivity index (χ0n) is 12.8. The fourth-order valence-corrected chi connectivity index (χ4v) is 3.49. The Morgan fingerprint density at radius 3 is 3.18 bits per heavy atom. The van der Waals surface area contributed by atoms with E-state index in [0.29, 0.717) is 5.84 Å². The summed E-state index contributed by atoms with van der Waals surface area (Å²) in [6, 6.07) is 6.02. The molecule has 1 aromatic rings. The van der Waals surface area contributed by atoms with Crippen LogP contribution in [-0.2, 0) is 0 Å². The van der Waals surface area contributed by atoms with Gasteiger partial charge in [0.25, 0.3) is 0 Å². The summed E-state index contributed by atoms with van der Waals surface area (Å²) in [4.78, 5) is 8.00. The van der Waals surface area contributed by atoms with Crippen LogP contribution in [0, 0.1) is 0 Å². The molecule has 5 nitrogen and oxygen atoms in total. The third-order valence-electron chi connectivity index (χ3n) is 3.74. The van der Waals surface area contributed by atoms with Crippen LogP contribution in [0.4, 0.5) is 11.4 Å². The normalized spacial score (nSPS) is 18.0. The number of hydrogen-bond acceptors (Lipinski definition) is 5. The van der Waals surface area contributed by atoms with E-state index in [0.717, 1.165) is 60.4 Å². The van der Waals surface area contributed by atoms with Gasteiger partial charge in [0.1, 0.15) is 18.2 Å². The largest absolute Gasteiger partial charge is 0.490 e. The number of rotatable bonds is 5. The van der Waals surface area contributed by atoms with E-state index in [1.54, 1.807) is 11.8 Å². The van der Waals surface area contributed by atoms with Gasteiger partial charge in [0.15, 0.2) is 0 Å². The van der Waals surface area contributed by atoms with Gasteiger partial charge in [0.2, 0.25) is 0 Å². The van der Waals surface area contributed by atoms with E-state index in [4.69, 9.17) is 10.5 Å². The molecule has 118 valence electrons. The number of allylic oxidation sites excluding steroid dienone is 1. The first-order chi connectivity index (χ1) is 10.8. The smallest absolute Gasteiger partial charge is 0.142 e. The second-order valence-electron chi connectivity index (χ2n) is 5.29. The van der Waals surface area contributed by atoms with Gasteiger partial charge in [-0.15, -0.1) is 11.8 Å². The highest BCUT2D eigenvalue weighted by atomic mass is 32.2. The number of nitrogens with two attached hydrogens (primary N) is 1. The Bertz CT molecular complexity index is 600. The van der Waals surface area contributed by atoms with E-state index < -0.39 is 0 Å². The molecule has 0 saturated heterocycles. The summed E-state index contributed by atoms with van der Waals surface area (Å²) < 4.78 is 5.74. The minimum absolute atomic E-state index is 0.612. The van der Waals surface area contributed by atoms with Gasteiger partial charge >= 0.3 is 0 Å². The molecule has 6 heteroatoms. The Balaban J connectivity index is 1.83. The number of benzene rings is 1. The lowest BCUT2D eigenvalue weighted by molar-refractivity contribution is 0.307. The van der Waals surface area contributed by atoms with Crippen LogP contribution in [-0.4, -0.2) is 44.9 Å². The second-order valence-corrected chi connectivity index (χ2v) is 6.43. The van der Waals surface area contributed by atoms with Crippen molar-refractivity contribution in [3.05, 3.63) is 29.2 Å². The second kappa shape index (κ2) is 7.07. The van der Waals surface area contributed by atoms with Crippen LogP contribution in [0.15, 0.2) is 34.2 Å². The molecule has 22 heavy (non-hydrogen) atoms. The van der Waals surface area contributed by atoms with Crippen molar-refractivity contribution in [1.82, 2.24) is 5.32 Å². The molecule has 2 aliphatic heterocycles. The molecular formula is C16H22N4OS. The maximum atomic E-state index is 6.11. The number of likely N-dealkylation sites (N-methyl/N-ethyl adjacent to an activating group) is 1. The van der Waals surface area contributed by atoms with Gasteiger partial charge in [-0.1, -0.05) is 6.08 Å². The van der Waals surface area contributed by atoms with Crippen LogP contribution >= 0.6 is 11.8 Å². The molecule has 3 rings (SSSR count). The first-order valence-corrected chi connectivity index (χ1v) is 8.60. The zero-order chi connectivity index (χ0) is 15.4. The lowest BCUT2D eigenvalue weighted by Crippen LogP contribution is -2.37. The Kier molecular flexibility index (Phi) is 4.90. The number of amidine groups is 1. The van der Waals surface area contributed by atoms with Gasteiger partial charge in [-0.05, 0) is 31.7 Å². The van der Waals surface area contributed by atoms with Crippen LogP contribution in [0.25, 0.3) is 0 Å². The summed E-state index contributed by atoms with van der Waals surface area (Å²) in [7, 11) is 1.97. The monoisotopic (exact) mass is 318 g/mol. The van der Waals surface area contributed by atoms with Crippen LogP contribution in [0.2, 0.25) is 0 Å². The van der Waals surface area contributed by atoms with Gasteiger partial charge in [0.05, 0.1) is 17.9 Å². The van der Waals surface area contributed by atoms with Crippen molar-refractivity contribution in [1.29, 1.82) is 0 Å². The average molecular weight is 318 g/mol. The van der Waals surface area contributed by atoms with E-state index in [-0.39, 0.29) is 0 Å². The van der Waals surface area contributed by atoms with Crippen molar-refractivity contribution in [2.24, 2.45) is 10.7 Å². The number of hydrogen-bond donors (Lipinski definition) is 2. The van der Waals surface area contributed by atoms with E-state index in [9.17, 15) is 0 Å². The molecule has 0 aromatic heterocycles. The van der Waals surface area contributed by atoms with Crippen molar-refractivity contribution in [2.45, 2.75) is 6.42 Å². The highest BCUT2D eigenvalue weighted by molar-refractivity contribution is 8.04. The maximum absolute atomic E-state index is 6.11. The molecular weight excluding hydrogens is 296 g/mol. The van der Waals surface area contributed by atoms with Crippen molar-refractivity contribution in [3.63, 3.8) is 0 Å². The molecule has 0 bridgehead atoms. The molecule has 0 saturated carbocycles. The number of nitrogens with zero attached hydrogens (tertiary/aromatic N) is 2. The zero-order valence-corrected chi connectivity index (χ0v) is 13.7. The standard InChI is InChI=1S/C16H22N4OS/c1-18-6-7-20-8-9-21-14-5-4-12(11-13(14)20)19-16(17)15-3-2-10-22-15/h3-5,11,18H,2,6-10H2,1H3,(H2,17,19). The lowest BCUT2D eigenvalue weighted by atomic mass is 10.2. The quantitative estimate of drug-likeness (QED) is 0.643. The van der Waals surface area contributed by atoms with Crippen molar-refractivity contribution in [3.8, 4) is 5.75 Å². The fourth-order valence-electron chi connectivity index (χ4n) is 2.60. The van der Waals surface area contributed by atoms with Gasteiger partial charge in [-0.2, -0.15) is 0 Å². The summed E-state index contributed by atoms with van der Waals surface area (Å²) in [5.74, 6) is 2.64. The third kappa shape index (κ3) is 3.39. The highest BCUT2D eigenvalue weighted by Gasteiger charge is 2.18. The Labute approximate surface area is 135 Å². The van der Waals surface area contributed by atoms with E-state index >= 15 is 0 Å². The Hall–Kier alpha value is -1.66.